The van der Waals surface area contributed by atoms with Gasteiger partial charge in [0.05, 0.1) is 61.6 Å². The number of rotatable bonds is 24. The molecule has 9 heterocycles. The molecule has 0 radical (unpaired) electrons. The van der Waals surface area contributed by atoms with Crippen LogP contribution in [0.4, 0.5) is 26.1 Å². The van der Waals surface area contributed by atoms with Crippen LogP contribution in [0.3, 0.4) is 0 Å². The van der Waals surface area contributed by atoms with Gasteiger partial charge in [-0.25, -0.2) is 48.0 Å². The Morgan fingerprint density at radius 2 is 1.43 bits per heavy atom. The molecule has 101 heavy (non-hydrogen) atoms. The number of para-hydroxylation sites is 1. The van der Waals surface area contributed by atoms with Gasteiger partial charge in [0.15, 0.2) is 60.3 Å². The number of halogens is 2. The van der Waals surface area contributed by atoms with E-state index in [2.05, 4.69) is 46.2 Å². The van der Waals surface area contributed by atoms with Crippen LogP contribution in [-0.4, -0.2) is 150 Å². The van der Waals surface area contributed by atoms with E-state index in [9.17, 15) is 23.8 Å². The maximum absolute atomic E-state index is 17.0. The minimum Gasteiger partial charge on any atom is -0.492 e. The number of carbonyl (C=O) groups excluding carboxylic acids is 3. The zero-order valence-corrected chi connectivity index (χ0v) is 58.5. The summed E-state index contributed by atoms with van der Waals surface area (Å²) < 4.78 is 118. The normalized spacial score (nSPS) is 23.8. The Bertz CT molecular complexity index is 4490. The third kappa shape index (κ3) is 16.6. The number of nitrogens with two attached hydrogens (primary N) is 2. The van der Waals surface area contributed by atoms with Crippen LogP contribution in [0.1, 0.15) is 96.4 Å². The van der Waals surface area contributed by atoms with Crippen molar-refractivity contribution < 1.29 is 78.8 Å². The molecule has 5 aliphatic rings. The molecule has 30 nitrogen and oxygen atoms in total. The van der Waals surface area contributed by atoms with Crippen molar-refractivity contribution in [1.29, 1.82) is 0 Å². The summed E-state index contributed by atoms with van der Waals surface area (Å²) in [4.78, 5) is 76.6. The molecule has 3 fully saturated rings. The number of alkyl halides is 2. The molecule has 2 amide bonds. The van der Waals surface area contributed by atoms with Crippen molar-refractivity contribution in [3.8, 4) is 11.5 Å². The van der Waals surface area contributed by atoms with Gasteiger partial charge in [0.25, 0.3) is 0 Å². The minimum absolute atomic E-state index is 0.0191. The van der Waals surface area contributed by atoms with Gasteiger partial charge in [-0.2, -0.15) is 0 Å². The van der Waals surface area contributed by atoms with Gasteiger partial charge in [0.2, 0.25) is 11.8 Å². The molecule has 0 saturated carbocycles. The second kappa shape index (κ2) is 31.7. The maximum atomic E-state index is 17.0. The van der Waals surface area contributed by atoms with Crippen molar-refractivity contribution in [3.63, 3.8) is 0 Å². The molecule has 3 saturated heterocycles. The van der Waals surface area contributed by atoms with Gasteiger partial charge in [0, 0.05) is 47.5 Å². The second-order valence-electron chi connectivity index (χ2n) is 24.1. The number of anilines is 3. The Balaban J connectivity index is 0.623. The molecule has 13 rings (SSSR count). The number of benzene rings is 4. The number of nitrogens with zero attached hydrogens (tertiary/aromatic N) is 10. The first-order valence-corrected chi connectivity index (χ1v) is 39.8. The zero-order valence-electron chi connectivity index (χ0n) is 54.2. The fraction of sp³-hybridized carbons (Fsp3) is 0.391. The number of amides is 2. The standard InChI is InChI=1S/C64H70F2N15O15P3S2/c1-98(86,100)90-28-11-3-2-10-26-69-48(82)16-8-9-17-49(83)78-30-40-12-4-5-13-43(40)52-55(44-14-6-7-15-45(44)78)81(77-76-52)27-29-88-41-24-20-39(21-25-41)64(84)92-42-22-18-38(19-23-42)33-101-99(87)91-32-47-56(50(65)62(94-47)79-36-74-53-58(67)70-34-72-60(53)79)95-97(85)89-31-46-57(96-99)51(66)63(93-46)80-37-75-54-59(68)71-35-73-61(54)80/h4-7,12-15,18-25,34-37,46-47,50-51,56-57,62-63,76-77H,2-3,8-11,16-17,26-33H2,1H3,(H5-,67,68,69,70,71,72,73,82,86,100)/p+1/t46-,47-,50-,51-,56-,57-,62-,63-,98?,99+/m1/s1. The van der Waals surface area contributed by atoms with Crippen molar-refractivity contribution in [2.45, 2.75) is 113 Å². The van der Waals surface area contributed by atoms with E-state index in [0.29, 0.717) is 68.2 Å². The van der Waals surface area contributed by atoms with E-state index in [1.807, 2.05) is 58.4 Å². The molecule has 4 aromatic heterocycles. The number of imidazole rings is 2. The van der Waals surface area contributed by atoms with E-state index >= 15 is 13.3 Å². The van der Waals surface area contributed by atoms with E-state index in [1.165, 1.54) is 40.6 Å². The third-order valence-corrected chi connectivity index (χ3v) is 22.6. The molecule has 5 aliphatic heterocycles. The summed E-state index contributed by atoms with van der Waals surface area (Å²) in [5.74, 6) is -0.160. The molecular weight excluding hydrogens is 1410 g/mol. The maximum Gasteiger partial charge on any atom is 0.697 e. The predicted molar refractivity (Wildman–Crippen MR) is 371 cm³/mol. The first-order valence-electron chi connectivity index (χ1n) is 32.4. The Morgan fingerprint density at radius 3 is 2.14 bits per heavy atom. The number of nitrogens with one attached hydrogen (secondary N) is 3. The summed E-state index contributed by atoms with van der Waals surface area (Å²) in [6.45, 7) is -5.17. The molecule has 0 bridgehead atoms. The van der Waals surface area contributed by atoms with Crippen molar-refractivity contribution in [2.75, 3.05) is 62.5 Å². The topological polar surface area (TPSA) is 370 Å². The highest BCUT2D eigenvalue weighted by Gasteiger charge is 2.56. The van der Waals surface area contributed by atoms with Gasteiger partial charge < -0.3 is 55.5 Å². The SMILES string of the molecule is CP(O)(=S)OCCCCCCNC(=O)CCCCC(=O)N1Cc2ccccc2C2=C(c3ccccc31)N(CCOc1ccc(C(=O)Oc3ccc(CS[P@@]4(=O)OC[C@H]5O[C@@H](n6cnc7c(N)ncnc76)[C@H](F)[C@@H]5O[P+](=O)OC[C@H]5O[C@@H](n6cnc7c(N)ncnc76)[C@H](F)[C@@H]5O4)cc3)cc1)NN2. The zero-order chi connectivity index (χ0) is 70.4. The lowest BCUT2D eigenvalue weighted by atomic mass is 9.95. The van der Waals surface area contributed by atoms with Gasteiger partial charge in [-0.3, -0.25) is 32.8 Å². The highest BCUT2D eigenvalue weighted by Crippen LogP contribution is 2.65. The number of hydrazine groups is 2. The molecule has 37 heteroatoms. The molecule has 0 spiro atoms. The Labute approximate surface area is 586 Å². The number of aromatic nitrogens is 8. The van der Waals surface area contributed by atoms with Crippen molar-refractivity contribution in [1.82, 2.24) is 60.3 Å². The predicted octanol–water partition coefficient (Wildman–Crippen LogP) is 9.30. The summed E-state index contributed by atoms with van der Waals surface area (Å²) >= 11 is 5.58. The van der Waals surface area contributed by atoms with E-state index < -0.39 is 89.9 Å². The molecule has 8 aromatic rings. The Kier molecular flexibility index (Phi) is 22.4. The highest BCUT2D eigenvalue weighted by molar-refractivity contribution is 8.54. The fourth-order valence-electron chi connectivity index (χ4n) is 12.2. The van der Waals surface area contributed by atoms with E-state index in [4.69, 9.17) is 64.8 Å². The van der Waals surface area contributed by atoms with E-state index in [1.54, 1.807) is 36.4 Å². The summed E-state index contributed by atoms with van der Waals surface area (Å²) in [7, 11) is -3.14. The number of esters is 1. The quantitative estimate of drug-likeness (QED) is 0.0142. The van der Waals surface area contributed by atoms with E-state index in [-0.39, 0.29) is 75.9 Å². The lowest BCUT2D eigenvalue weighted by Crippen LogP contribution is -2.40. The van der Waals surface area contributed by atoms with Crippen LogP contribution in [0.2, 0.25) is 0 Å². The number of hydrogen-bond donors (Lipinski definition) is 6. The number of carbonyl (C=O) groups is 3. The van der Waals surface area contributed by atoms with Crippen LogP contribution in [-0.2, 0) is 74.9 Å². The highest BCUT2D eigenvalue weighted by atomic mass is 32.7. The molecule has 2 unspecified atom stereocenters. The lowest BCUT2D eigenvalue weighted by molar-refractivity contribution is -0.122. The number of hydrogen-bond acceptors (Lipinski definition) is 27. The van der Waals surface area contributed by atoms with Gasteiger partial charge >= 0.3 is 21.0 Å². The minimum atomic E-state index is -4.60. The van der Waals surface area contributed by atoms with Crippen LogP contribution in [0.15, 0.2) is 122 Å². The molecule has 8 N–H and O–H groups in total. The van der Waals surface area contributed by atoms with Crippen LogP contribution in [0, 0.1) is 0 Å². The van der Waals surface area contributed by atoms with Gasteiger partial charge in [-0.05, 0) is 102 Å². The fourth-order valence-corrected chi connectivity index (χ4v) is 17.0. The largest absolute Gasteiger partial charge is 0.697 e. The monoisotopic (exact) mass is 1480 g/mol. The molecule has 0 aliphatic carbocycles. The van der Waals surface area contributed by atoms with Crippen LogP contribution < -0.4 is 42.1 Å². The number of fused-ring (bicyclic) bond motifs is 8. The Morgan fingerprint density at radius 1 is 0.782 bits per heavy atom. The second-order valence-corrected chi connectivity index (χ2v) is 33.0. The first kappa shape index (κ1) is 71.4. The van der Waals surface area contributed by atoms with Gasteiger partial charge in [-0.15, -0.1) is 14.6 Å². The number of unbranched alkanes of at least 4 members (excludes halogenated alkanes) is 4. The molecule has 532 valence electrons. The first-order chi connectivity index (χ1) is 48.8. The summed E-state index contributed by atoms with van der Waals surface area (Å²) in [5.41, 5.74) is 25.1. The molecule has 4 aromatic carbocycles. The van der Waals surface area contributed by atoms with E-state index in [0.717, 1.165) is 72.1 Å². The summed E-state index contributed by atoms with van der Waals surface area (Å²) in [6, 6.07) is 28.4. The van der Waals surface area contributed by atoms with Crippen molar-refractivity contribution in [3.05, 3.63) is 150 Å². The Hall–Kier alpha value is -8.04. The van der Waals surface area contributed by atoms with Crippen LogP contribution in [0.25, 0.3) is 33.7 Å². The van der Waals surface area contributed by atoms with Gasteiger partial charge in [0.1, 0.15) is 66.7 Å². The van der Waals surface area contributed by atoms with Crippen LogP contribution in [0.5, 0.6) is 11.5 Å². The van der Waals surface area contributed by atoms with Crippen LogP contribution >= 0.6 is 32.9 Å². The molecule has 11 atom stereocenters. The smallest absolute Gasteiger partial charge is 0.492 e. The molecular formula is C64H71F2N15O15P3S2+. The van der Waals surface area contributed by atoms with Crippen molar-refractivity contribution >= 4 is 114 Å². The number of ether oxygens (including phenoxy) is 4. The average molecular weight is 1490 g/mol. The third-order valence-electron chi connectivity index (χ3n) is 17.2. The number of nitrogen functional groups attached to an aromatic ring is 2. The lowest BCUT2D eigenvalue weighted by Gasteiger charge is -2.31. The van der Waals surface area contributed by atoms with Gasteiger partial charge in [-0.1, -0.05) is 67.4 Å². The summed E-state index contributed by atoms with van der Waals surface area (Å²) in [5, 5.41) is 4.92. The average Bonchev–Trinajstić information content (AvgIpc) is 1.63. The van der Waals surface area contributed by atoms with Crippen molar-refractivity contribution in [2.24, 2.45) is 0 Å². The summed E-state index contributed by atoms with van der Waals surface area (Å²) in [6.07, 6.45) is -3.48.